The van der Waals surface area contributed by atoms with E-state index in [-0.39, 0.29) is 19.1 Å². The molecule has 4 aromatic rings. The summed E-state index contributed by atoms with van der Waals surface area (Å²) in [4.78, 5) is 38.1. The van der Waals surface area contributed by atoms with Crippen molar-refractivity contribution < 1.29 is 33.5 Å². The maximum absolute atomic E-state index is 13.5. The van der Waals surface area contributed by atoms with E-state index in [9.17, 15) is 9.59 Å². The van der Waals surface area contributed by atoms with Gasteiger partial charge in [-0.05, 0) is 67.2 Å². The number of aromatic amines is 1. The van der Waals surface area contributed by atoms with Crippen molar-refractivity contribution in [1.82, 2.24) is 9.88 Å². The molecule has 1 N–H and O–H groups in total. The van der Waals surface area contributed by atoms with Crippen LogP contribution in [0.1, 0.15) is 46.0 Å². The normalized spacial score (nSPS) is 19.1. The van der Waals surface area contributed by atoms with Crippen LogP contribution in [0.2, 0.25) is 10.0 Å². The van der Waals surface area contributed by atoms with E-state index in [1.165, 1.54) is 18.4 Å². The van der Waals surface area contributed by atoms with Gasteiger partial charge in [0.1, 0.15) is 22.3 Å². The molecular formula is C34H35Cl2N4O6S+. The summed E-state index contributed by atoms with van der Waals surface area (Å²) in [7, 11) is 3.09. The van der Waals surface area contributed by atoms with Gasteiger partial charge in [0, 0.05) is 30.1 Å². The summed E-state index contributed by atoms with van der Waals surface area (Å²) in [6, 6.07) is 12.3. The average molecular weight is 699 g/mol. The number of hydrogen-bond acceptors (Lipinski definition) is 9. The molecule has 0 aliphatic carbocycles. The molecular weight excluding hydrogens is 663 g/mol. The van der Waals surface area contributed by atoms with E-state index in [2.05, 4.69) is 14.9 Å². The largest absolute Gasteiger partial charge is 0.493 e. The molecule has 3 aliphatic heterocycles. The van der Waals surface area contributed by atoms with Gasteiger partial charge in [-0.3, -0.25) is 4.90 Å². The number of thiazole rings is 1. The fraction of sp³-hybridized carbons (Fsp3) is 0.353. The lowest BCUT2D eigenvalue weighted by Gasteiger charge is -2.44. The second-order valence-corrected chi connectivity index (χ2v) is 13.2. The van der Waals surface area contributed by atoms with Crippen LogP contribution in [-0.2, 0) is 22.4 Å². The van der Waals surface area contributed by atoms with Crippen molar-refractivity contribution in [1.29, 1.82) is 0 Å². The van der Waals surface area contributed by atoms with Crippen molar-refractivity contribution in [2.24, 2.45) is 5.92 Å². The Labute approximate surface area is 287 Å². The standard InChI is InChI=1S/C34H34Cl2N4O6S/c1-43-28-8-7-24(15-30(28)44-2)29(16-25-26(35)17-37-18-27(25)36)45-32(41)23-5-3-21(4-6-23)19-40(33-38-11-14-47-33)34(42)46-31-20-39-12-9-22(31)10-13-39/h3-8,11,14-15,17-18,22,29,31H,9-10,12-13,16,19-20H2,1-2H3/p+1/t29-,31-/m0/s1. The average Bonchev–Trinajstić information content (AvgIpc) is 3.63. The zero-order valence-corrected chi connectivity index (χ0v) is 28.3. The Morgan fingerprint density at radius 3 is 2.38 bits per heavy atom. The zero-order valence-electron chi connectivity index (χ0n) is 26.0. The summed E-state index contributed by atoms with van der Waals surface area (Å²) in [6.07, 6.45) is 5.92. The first-order chi connectivity index (χ1) is 22.8. The molecule has 0 saturated carbocycles. The van der Waals surface area contributed by atoms with Gasteiger partial charge in [-0.2, -0.15) is 0 Å². The second-order valence-electron chi connectivity index (χ2n) is 11.5. The van der Waals surface area contributed by atoms with Gasteiger partial charge in [0.15, 0.2) is 29.0 Å². The van der Waals surface area contributed by atoms with E-state index < -0.39 is 18.2 Å². The van der Waals surface area contributed by atoms with Gasteiger partial charge >= 0.3 is 12.1 Å². The maximum Gasteiger partial charge on any atom is 0.416 e. The molecule has 3 saturated heterocycles. The van der Waals surface area contributed by atoms with E-state index in [0.29, 0.717) is 49.3 Å². The molecule has 0 unspecified atom stereocenters. The van der Waals surface area contributed by atoms with Crippen LogP contribution < -0.4 is 19.4 Å². The van der Waals surface area contributed by atoms with Gasteiger partial charge in [0.2, 0.25) is 0 Å². The Hall–Kier alpha value is -3.90. The van der Waals surface area contributed by atoms with Crippen LogP contribution in [-0.4, -0.2) is 61.9 Å². The van der Waals surface area contributed by atoms with Gasteiger partial charge < -0.3 is 18.9 Å². The van der Waals surface area contributed by atoms with E-state index in [1.54, 1.807) is 73.1 Å². The molecule has 13 heteroatoms. The first-order valence-corrected chi connectivity index (χ1v) is 16.9. The van der Waals surface area contributed by atoms with Crippen molar-refractivity contribution in [3.05, 3.63) is 98.7 Å². The molecule has 2 aromatic carbocycles. The van der Waals surface area contributed by atoms with Crippen LogP contribution in [0.5, 0.6) is 11.5 Å². The molecule has 47 heavy (non-hydrogen) atoms. The Bertz CT molecular complexity index is 1680. The summed E-state index contributed by atoms with van der Waals surface area (Å²) in [5.74, 6) is 0.889. The van der Waals surface area contributed by atoms with Crippen molar-refractivity contribution in [3.63, 3.8) is 0 Å². The number of halogens is 2. The summed E-state index contributed by atoms with van der Waals surface area (Å²) in [5.41, 5.74) is 2.45. The minimum absolute atomic E-state index is 0.123. The number of H-pyrrole nitrogens is 1. The third kappa shape index (κ3) is 7.65. The third-order valence-corrected chi connectivity index (χ3v) is 10.1. The highest BCUT2D eigenvalue weighted by molar-refractivity contribution is 7.13. The number of benzene rings is 2. The summed E-state index contributed by atoms with van der Waals surface area (Å²) >= 11 is 14.3. The molecule has 3 aliphatic rings. The molecule has 1 amide bonds. The van der Waals surface area contributed by atoms with E-state index >= 15 is 0 Å². The van der Waals surface area contributed by atoms with Crippen LogP contribution in [0.25, 0.3) is 0 Å². The second kappa shape index (κ2) is 14.9. The number of nitrogens with zero attached hydrogens (tertiary/aromatic N) is 3. The number of methoxy groups -OCH3 is 2. The van der Waals surface area contributed by atoms with Crippen LogP contribution in [0, 0.1) is 5.92 Å². The molecule has 3 fully saturated rings. The lowest BCUT2D eigenvalue weighted by Crippen LogP contribution is -2.53. The van der Waals surface area contributed by atoms with Crippen LogP contribution >= 0.6 is 34.5 Å². The molecule has 0 radical (unpaired) electrons. The minimum Gasteiger partial charge on any atom is -0.493 e. The van der Waals surface area contributed by atoms with Crippen molar-refractivity contribution in [2.45, 2.75) is 38.0 Å². The molecule has 246 valence electrons. The Kier molecular flexibility index (Phi) is 10.5. The van der Waals surface area contributed by atoms with E-state index in [4.69, 9.17) is 42.1 Å². The number of aromatic nitrogens is 2. The Morgan fingerprint density at radius 2 is 1.77 bits per heavy atom. The van der Waals surface area contributed by atoms with Gasteiger partial charge in [-0.1, -0.05) is 41.4 Å². The number of fused-ring (bicyclic) bond motifs is 3. The number of esters is 1. The number of anilines is 1. The Balaban J connectivity index is 1.19. The molecule has 10 nitrogen and oxygen atoms in total. The summed E-state index contributed by atoms with van der Waals surface area (Å²) in [5, 5.41) is 3.21. The minimum atomic E-state index is -0.749. The monoisotopic (exact) mass is 697 g/mol. The number of carbonyl (C=O) groups excluding carboxylic acids is 2. The highest BCUT2D eigenvalue weighted by Gasteiger charge is 2.37. The lowest BCUT2D eigenvalue weighted by atomic mass is 9.86. The van der Waals surface area contributed by atoms with E-state index in [1.807, 2.05) is 5.38 Å². The number of hydrogen-bond donors (Lipinski definition) is 0. The molecule has 2 bridgehead atoms. The van der Waals surface area contributed by atoms with Gasteiger partial charge in [0.25, 0.3) is 0 Å². The molecule has 0 spiro atoms. The molecule has 2 aromatic heterocycles. The number of amides is 1. The molecule has 2 atom stereocenters. The lowest BCUT2D eigenvalue weighted by molar-refractivity contribution is -0.377. The van der Waals surface area contributed by atoms with E-state index in [0.717, 1.165) is 38.0 Å². The van der Waals surface area contributed by atoms with Crippen molar-refractivity contribution in [2.75, 3.05) is 38.8 Å². The van der Waals surface area contributed by atoms with Crippen LogP contribution in [0.15, 0.2) is 66.4 Å². The highest BCUT2D eigenvalue weighted by atomic mass is 35.5. The van der Waals surface area contributed by atoms with Crippen molar-refractivity contribution >= 4 is 51.7 Å². The van der Waals surface area contributed by atoms with Crippen LogP contribution in [0.3, 0.4) is 0 Å². The molecule has 5 heterocycles. The zero-order chi connectivity index (χ0) is 32.9. The SMILES string of the molecule is COc1ccc([C@H](Cc2c(Cl)c[nH+]cc2Cl)OC(=O)c2ccc(CN(C(=O)O[C@H]3CN4CCC3CC4)c3nccs3)cc2)cc1OC. The predicted molar refractivity (Wildman–Crippen MR) is 179 cm³/mol. The van der Waals surface area contributed by atoms with Gasteiger partial charge in [0.05, 0.1) is 26.3 Å². The number of nitrogens with one attached hydrogen (secondary N) is 1. The number of rotatable bonds is 11. The maximum atomic E-state index is 13.5. The predicted octanol–water partition coefficient (Wildman–Crippen LogP) is 6.66. The summed E-state index contributed by atoms with van der Waals surface area (Å²) in [6.45, 7) is 3.12. The van der Waals surface area contributed by atoms with Crippen molar-refractivity contribution in [3.8, 4) is 11.5 Å². The van der Waals surface area contributed by atoms with Gasteiger partial charge in [-0.25, -0.2) is 24.5 Å². The fourth-order valence-electron chi connectivity index (χ4n) is 6.06. The smallest absolute Gasteiger partial charge is 0.416 e. The topological polar surface area (TPSA) is 105 Å². The highest BCUT2D eigenvalue weighted by Crippen LogP contribution is 2.36. The first-order valence-electron chi connectivity index (χ1n) is 15.3. The van der Waals surface area contributed by atoms with Gasteiger partial charge in [-0.15, -0.1) is 11.3 Å². The fourth-order valence-corrected chi connectivity index (χ4v) is 7.22. The quantitative estimate of drug-likeness (QED) is 0.160. The number of carbonyl (C=O) groups is 2. The molecule has 7 rings (SSSR count). The number of pyridine rings is 1. The summed E-state index contributed by atoms with van der Waals surface area (Å²) < 4.78 is 23.0. The first kappa shape index (κ1) is 33.0. The number of piperidine rings is 3. The third-order valence-electron chi connectivity index (χ3n) is 8.66. The number of ether oxygens (including phenoxy) is 4. The van der Waals surface area contributed by atoms with Crippen LogP contribution in [0.4, 0.5) is 9.93 Å². The Morgan fingerprint density at radius 1 is 1.04 bits per heavy atom.